The van der Waals surface area contributed by atoms with Crippen LogP contribution in [-0.2, 0) is 29.1 Å². The number of ether oxygens (including phenoxy) is 1. The number of benzene rings is 3. The third-order valence-electron chi connectivity index (χ3n) is 6.19. The highest BCUT2D eigenvalue weighted by Gasteiger charge is 2.20. The van der Waals surface area contributed by atoms with Crippen molar-refractivity contribution in [3.8, 4) is 11.1 Å². The summed E-state index contributed by atoms with van der Waals surface area (Å²) in [5, 5.41) is 21.6. The summed E-state index contributed by atoms with van der Waals surface area (Å²) < 4.78 is 19.2. The standard InChI is InChI=1S/C29H25ClFN3O4.CH4O/c1-18-12-26(32-15-22-13-23(31)16-33-29(22)30)19(2)25(14-27(35)38-17-20-6-4-3-5-7-20)28(18)21-8-10-24(11-9-21)34(36)37;1-2/h3-13,16,32H,14-15,17H2,1-2H3;2H,1H3. The number of pyridine rings is 1. The van der Waals surface area contributed by atoms with Crippen molar-refractivity contribution in [3.05, 3.63) is 122 Å². The number of rotatable bonds is 9. The number of hydrogen-bond acceptors (Lipinski definition) is 7. The van der Waals surface area contributed by atoms with Gasteiger partial charge in [-0.1, -0.05) is 41.9 Å². The molecule has 0 spiro atoms. The number of aliphatic hydroxyl groups excluding tert-OH is 1. The molecule has 0 saturated heterocycles. The summed E-state index contributed by atoms with van der Waals surface area (Å²) in [6.45, 7) is 4.14. The van der Waals surface area contributed by atoms with E-state index in [9.17, 15) is 19.3 Å². The van der Waals surface area contributed by atoms with E-state index in [0.717, 1.165) is 52.4 Å². The van der Waals surface area contributed by atoms with Crippen molar-refractivity contribution in [2.45, 2.75) is 33.4 Å². The van der Waals surface area contributed by atoms with Gasteiger partial charge < -0.3 is 15.2 Å². The topological polar surface area (TPSA) is 115 Å². The van der Waals surface area contributed by atoms with Crippen molar-refractivity contribution in [2.24, 2.45) is 0 Å². The van der Waals surface area contributed by atoms with Crippen molar-refractivity contribution in [1.82, 2.24) is 4.98 Å². The molecule has 1 heterocycles. The van der Waals surface area contributed by atoms with E-state index < -0.39 is 16.7 Å². The average Bonchev–Trinajstić information content (AvgIpc) is 2.96. The first-order chi connectivity index (χ1) is 19.2. The molecule has 0 fully saturated rings. The molecule has 10 heteroatoms. The zero-order chi connectivity index (χ0) is 29.2. The lowest BCUT2D eigenvalue weighted by Gasteiger charge is -2.20. The van der Waals surface area contributed by atoms with Gasteiger partial charge in [0, 0.05) is 37.0 Å². The zero-order valence-electron chi connectivity index (χ0n) is 22.3. The Kier molecular flexibility index (Phi) is 10.7. The molecule has 0 atom stereocenters. The normalized spacial score (nSPS) is 10.3. The number of hydrogen-bond donors (Lipinski definition) is 2. The fourth-order valence-corrected chi connectivity index (χ4v) is 4.42. The quantitative estimate of drug-likeness (QED) is 0.102. The molecule has 0 unspecified atom stereocenters. The summed E-state index contributed by atoms with van der Waals surface area (Å²) in [7, 11) is 1.00. The molecule has 0 aliphatic heterocycles. The molecule has 0 radical (unpaired) electrons. The van der Waals surface area contributed by atoms with Crippen LogP contribution in [0.1, 0.15) is 27.8 Å². The largest absolute Gasteiger partial charge is 0.461 e. The second kappa shape index (κ2) is 14.2. The van der Waals surface area contributed by atoms with Crippen LogP contribution in [0.5, 0.6) is 0 Å². The monoisotopic (exact) mass is 565 g/mol. The first kappa shape index (κ1) is 30.2. The van der Waals surface area contributed by atoms with E-state index in [0.29, 0.717) is 5.56 Å². The van der Waals surface area contributed by atoms with Gasteiger partial charge in [0.1, 0.15) is 17.6 Å². The lowest BCUT2D eigenvalue weighted by molar-refractivity contribution is -0.384. The van der Waals surface area contributed by atoms with Crippen LogP contribution in [0.25, 0.3) is 11.1 Å². The van der Waals surface area contributed by atoms with Gasteiger partial charge in [-0.05, 0) is 71.5 Å². The van der Waals surface area contributed by atoms with Crippen LogP contribution in [0.3, 0.4) is 0 Å². The van der Waals surface area contributed by atoms with Gasteiger partial charge in [0.2, 0.25) is 0 Å². The smallest absolute Gasteiger partial charge is 0.310 e. The number of non-ortho nitro benzene ring substituents is 1. The van der Waals surface area contributed by atoms with Gasteiger partial charge >= 0.3 is 5.97 Å². The maximum Gasteiger partial charge on any atom is 0.310 e. The van der Waals surface area contributed by atoms with Crippen molar-refractivity contribution in [1.29, 1.82) is 0 Å². The molecule has 0 bridgehead atoms. The maximum atomic E-state index is 13.7. The number of nitro groups is 1. The molecular formula is C30H29ClFN3O5. The molecule has 4 aromatic rings. The minimum Gasteiger partial charge on any atom is -0.461 e. The van der Waals surface area contributed by atoms with Gasteiger partial charge in [-0.25, -0.2) is 9.37 Å². The number of nitrogens with zero attached hydrogens (tertiary/aromatic N) is 2. The summed E-state index contributed by atoms with van der Waals surface area (Å²) >= 11 is 6.13. The van der Waals surface area contributed by atoms with Gasteiger partial charge in [0.25, 0.3) is 5.69 Å². The second-order valence-corrected chi connectivity index (χ2v) is 9.16. The molecule has 0 aliphatic rings. The Morgan fingerprint density at radius 1 is 1.10 bits per heavy atom. The average molecular weight is 566 g/mol. The van der Waals surface area contributed by atoms with E-state index in [1.54, 1.807) is 12.1 Å². The van der Waals surface area contributed by atoms with Gasteiger partial charge in [-0.15, -0.1) is 0 Å². The fraction of sp³-hybridized carbons (Fsp3) is 0.200. The summed E-state index contributed by atoms with van der Waals surface area (Å²) in [6, 6.07) is 18.8. The molecule has 0 aliphatic carbocycles. The Balaban J connectivity index is 0.00000216. The number of anilines is 1. The summed E-state index contributed by atoms with van der Waals surface area (Å²) in [5.74, 6) is -0.900. The van der Waals surface area contributed by atoms with E-state index in [4.69, 9.17) is 21.4 Å². The summed E-state index contributed by atoms with van der Waals surface area (Å²) in [5.41, 5.74) is 5.98. The van der Waals surface area contributed by atoms with Gasteiger partial charge in [0.05, 0.1) is 17.5 Å². The van der Waals surface area contributed by atoms with Crippen LogP contribution in [0, 0.1) is 29.8 Å². The number of aromatic nitrogens is 1. The predicted octanol–water partition coefficient (Wildman–Crippen LogP) is 6.57. The SMILES string of the molecule is CO.Cc1cc(NCc2cc(F)cnc2Cl)c(C)c(CC(=O)OCc2ccccc2)c1-c1ccc([N+](=O)[O-])cc1. The minimum absolute atomic E-state index is 0.0103. The van der Waals surface area contributed by atoms with Gasteiger partial charge in [0.15, 0.2) is 0 Å². The summed E-state index contributed by atoms with van der Waals surface area (Å²) in [4.78, 5) is 27.5. The van der Waals surface area contributed by atoms with Crippen LogP contribution in [0.2, 0.25) is 5.15 Å². The molecule has 1 aromatic heterocycles. The first-order valence-electron chi connectivity index (χ1n) is 12.3. The van der Waals surface area contributed by atoms with Crippen molar-refractivity contribution in [2.75, 3.05) is 12.4 Å². The number of carbonyl (C=O) groups is 1. The Hall–Kier alpha value is -4.34. The van der Waals surface area contributed by atoms with E-state index in [-0.39, 0.29) is 30.4 Å². The predicted molar refractivity (Wildman–Crippen MR) is 153 cm³/mol. The highest BCUT2D eigenvalue weighted by atomic mass is 35.5. The number of carbonyl (C=O) groups excluding carboxylic acids is 1. The van der Waals surface area contributed by atoms with Crippen molar-refractivity contribution in [3.63, 3.8) is 0 Å². The van der Waals surface area contributed by atoms with Crippen molar-refractivity contribution < 1.29 is 24.0 Å². The molecule has 208 valence electrons. The number of esters is 1. The van der Waals surface area contributed by atoms with Crippen LogP contribution in [0.4, 0.5) is 15.8 Å². The molecule has 40 heavy (non-hydrogen) atoms. The van der Waals surface area contributed by atoms with E-state index >= 15 is 0 Å². The van der Waals surface area contributed by atoms with Crippen LogP contribution < -0.4 is 5.32 Å². The Labute approximate surface area is 236 Å². The number of aliphatic hydroxyl groups is 1. The number of halogens is 2. The van der Waals surface area contributed by atoms with Crippen molar-refractivity contribution >= 4 is 28.9 Å². The molecule has 0 amide bonds. The number of aryl methyl sites for hydroxylation is 1. The third kappa shape index (κ3) is 7.62. The Morgan fingerprint density at radius 2 is 1.77 bits per heavy atom. The van der Waals surface area contributed by atoms with Crippen LogP contribution in [0.15, 0.2) is 72.9 Å². The Bertz CT molecular complexity index is 1480. The fourth-order valence-electron chi connectivity index (χ4n) is 4.25. The molecular weight excluding hydrogens is 537 g/mol. The van der Waals surface area contributed by atoms with Gasteiger partial charge in [-0.2, -0.15) is 0 Å². The number of nitro benzene ring substituents is 1. The zero-order valence-corrected chi connectivity index (χ0v) is 23.0. The molecule has 8 nitrogen and oxygen atoms in total. The highest BCUT2D eigenvalue weighted by Crippen LogP contribution is 2.36. The van der Waals surface area contributed by atoms with Gasteiger partial charge in [-0.3, -0.25) is 14.9 Å². The van der Waals surface area contributed by atoms with Crippen LogP contribution >= 0.6 is 11.6 Å². The highest BCUT2D eigenvalue weighted by molar-refractivity contribution is 6.30. The lowest BCUT2D eigenvalue weighted by atomic mass is 9.88. The second-order valence-electron chi connectivity index (χ2n) is 8.80. The minimum atomic E-state index is -0.491. The Morgan fingerprint density at radius 3 is 2.42 bits per heavy atom. The lowest BCUT2D eigenvalue weighted by Crippen LogP contribution is -2.12. The molecule has 3 aromatic carbocycles. The summed E-state index contributed by atoms with van der Waals surface area (Å²) in [6.07, 6.45) is 1.04. The molecule has 4 rings (SSSR count). The van der Waals surface area contributed by atoms with E-state index in [1.807, 2.05) is 50.2 Å². The van der Waals surface area contributed by atoms with E-state index in [2.05, 4.69) is 10.3 Å². The maximum absolute atomic E-state index is 13.7. The van der Waals surface area contributed by atoms with Crippen LogP contribution in [-0.4, -0.2) is 28.1 Å². The number of nitrogens with one attached hydrogen (secondary N) is 1. The van der Waals surface area contributed by atoms with E-state index in [1.165, 1.54) is 18.2 Å². The first-order valence-corrected chi connectivity index (χ1v) is 12.7. The molecule has 2 N–H and O–H groups in total. The third-order valence-corrected chi connectivity index (χ3v) is 6.53. The molecule has 0 saturated carbocycles.